The standard InChI is InChI=1S/C13H20O2/c1-5-8-9-10-12(7-3)15-13(14)11(4)6-2/h5-8,12H,3,9-10H2,1-2,4H3/b8-5+,11-6+. The molecular formula is C13H20O2. The van der Waals surface area contributed by atoms with Crippen LogP contribution in [0.4, 0.5) is 0 Å². The van der Waals surface area contributed by atoms with E-state index >= 15 is 0 Å². The maximum atomic E-state index is 11.4. The highest BCUT2D eigenvalue weighted by Crippen LogP contribution is 2.08. The molecule has 0 spiro atoms. The molecule has 1 unspecified atom stereocenters. The fourth-order valence-electron chi connectivity index (χ4n) is 1.00. The van der Waals surface area contributed by atoms with E-state index < -0.39 is 0 Å². The van der Waals surface area contributed by atoms with Crippen molar-refractivity contribution in [2.75, 3.05) is 0 Å². The zero-order valence-corrected chi connectivity index (χ0v) is 9.82. The highest BCUT2D eigenvalue weighted by atomic mass is 16.5. The summed E-state index contributed by atoms with van der Waals surface area (Å²) in [6.07, 6.45) is 8.94. The minimum atomic E-state index is -0.261. The van der Waals surface area contributed by atoms with Crippen molar-refractivity contribution < 1.29 is 9.53 Å². The maximum absolute atomic E-state index is 11.4. The number of hydrogen-bond donors (Lipinski definition) is 0. The molecule has 15 heavy (non-hydrogen) atoms. The molecule has 0 aromatic carbocycles. The van der Waals surface area contributed by atoms with Crippen molar-refractivity contribution in [1.29, 1.82) is 0 Å². The van der Waals surface area contributed by atoms with Crippen molar-refractivity contribution in [2.24, 2.45) is 0 Å². The van der Waals surface area contributed by atoms with Gasteiger partial charge in [0.25, 0.3) is 0 Å². The molecule has 0 amide bonds. The number of ether oxygens (including phenoxy) is 1. The minimum Gasteiger partial charge on any atom is -0.455 e. The maximum Gasteiger partial charge on any atom is 0.333 e. The predicted molar refractivity (Wildman–Crippen MR) is 63.6 cm³/mol. The Morgan fingerprint density at radius 3 is 2.60 bits per heavy atom. The molecule has 0 bridgehead atoms. The van der Waals surface area contributed by atoms with Gasteiger partial charge in [-0.15, -0.1) is 0 Å². The van der Waals surface area contributed by atoms with Crippen molar-refractivity contribution in [3.05, 3.63) is 36.5 Å². The van der Waals surface area contributed by atoms with Crippen LogP contribution in [0.25, 0.3) is 0 Å². The lowest BCUT2D eigenvalue weighted by atomic mass is 10.2. The van der Waals surface area contributed by atoms with Crippen LogP contribution in [0.1, 0.15) is 33.6 Å². The number of rotatable bonds is 6. The van der Waals surface area contributed by atoms with Gasteiger partial charge in [0.05, 0.1) is 0 Å². The van der Waals surface area contributed by atoms with Crippen LogP contribution < -0.4 is 0 Å². The van der Waals surface area contributed by atoms with Crippen LogP contribution in [-0.4, -0.2) is 12.1 Å². The van der Waals surface area contributed by atoms with E-state index in [0.717, 1.165) is 12.8 Å². The van der Waals surface area contributed by atoms with Gasteiger partial charge >= 0.3 is 5.97 Å². The summed E-state index contributed by atoms with van der Waals surface area (Å²) >= 11 is 0. The molecule has 0 aromatic heterocycles. The summed E-state index contributed by atoms with van der Waals surface area (Å²) in [6.45, 7) is 9.19. The van der Waals surface area contributed by atoms with Gasteiger partial charge in [-0.3, -0.25) is 0 Å². The van der Waals surface area contributed by atoms with Gasteiger partial charge in [-0.2, -0.15) is 0 Å². The molecule has 0 aliphatic heterocycles. The third-order valence-corrected chi connectivity index (χ3v) is 2.13. The van der Waals surface area contributed by atoms with Gasteiger partial charge in [0, 0.05) is 5.57 Å². The second-order valence-corrected chi connectivity index (χ2v) is 3.30. The van der Waals surface area contributed by atoms with Crippen molar-refractivity contribution in [3.8, 4) is 0 Å². The van der Waals surface area contributed by atoms with Crippen molar-refractivity contribution in [1.82, 2.24) is 0 Å². The highest BCUT2D eigenvalue weighted by molar-refractivity contribution is 5.87. The summed E-state index contributed by atoms with van der Waals surface area (Å²) in [6, 6.07) is 0. The molecule has 2 nitrogen and oxygen atoms in total. The van der Waals surface area contributed by atoms with E-state index in [9.17, 15) is 4.79 Å². The van der Waals surface area contributed by atoms with Crippen LogP contribution in [0.5, 0.6) is 0 Å². The molecule has 2 heteroatoms. The van der Waals surface area contributed by atoms with Gasteiger partial charge in [0.15, 0.2) is 0 Å². The first-order valence-electron chi connectivity index (χ1n) is 5.23. The van der Waals surface area contributed by atoms with Gasteiger partial charge in [-0.25, -0.2) is 4.79 Å². The Hall–Kier alpha value is -1.31. The molecule has 0 aliphatic carbocycles. The molecule has 0 saturated carbocycles. The molecule has 84 valence electrons. The number of esters is 1. The molecule has 1 atom stereocenters. The largest absolute Gasteiger partial charge is 0.455 e. The summed E-state index contributed by atoms with van der Waals surface area (Å²) in [5.41, 5.74) is 0.632. The fraction of sp³-hybridized carbons (Fsp3) is 0.462. The number of hydrogen-bond acceptors (Lipinski definition) is 2. The number of carbonyl (C=O) groups is 1. The zero-order valence-electron chi connectivity index (χ0n) is 9.82. The lowest BCUT2D eigenvalue weighted by Crippen LogP contribution is -2.16. The second-order valence-electron chi connectivity index (χ2n) is 3.30. The third kappa shape index (κ3) is 5.89. The second kappa shape index (κ2) is 8.04. The zero-order chi connectivity index (χ0) is 11.7. The van der Waals surface area contributed by atoms with E-state index in [2.05, 4.69) is 6.58 Å². The first-order valence-corrected chi connectivity index (χ1v) is 5.23. The van der Waals surface area contributed by atoms with Crippen LogP contribution in [0, 0.1) is 0 Å². The Labute approximate surface area is 92.3 Å². The molecule has 0 rings (SSSR count). The van der Waals surface area contributed by atoms with Crippen molar-refractivity contribution in [2.45, 2.75) is 39.7 Å². The van der Waals surface area contributed by atoms with Crippen LogP contribution in [0.2, 0.25) is 0 Å². The van der Waals surface area contributed by atoms with E-state index in [0.29, 0.717) is 5.57 Å². The van der Waals surface area contributed by atoms with Gasteiger partial charge in [0.1, 0.15) is 6.10 Å². The Morgan fingerprint density at radius 2 is 2.13 bits per heavy atom. The average molecular weight is 208 g/mol. The molecule has 0 saturated heterocycles. The van der Waals surface area contributed by atoms with Crippen LogP contribution in [-0.2, 0) is 9.53 Å². The van der Waals surface area contributed by atoms with E-state index in [1.54, 1.807) is 19.1 Å². The Morgan fingerprint density at radius 1 is 1.47 bits per heavy atom. The van der Waals surface area contributed by atoms with Crippen LogP contribution in [0.3, 0.4) is 0 Å². The quantitative estimate of drug-likeness (QED) is 0.380. The van der Waals surface area contributed by atoms with Gasteiger partial charge in [-0.05, 0) is 33.6 Å². The highest BCUT2D eigenvalue weighted by Gasteiger charge is 2.10. The number of carbonyl (C=O) groups excluding carboxylic acids is 1. The molecule has 0 heterocycles. The van der Waals surface area contributed by atoms with Crippen LogP contribution in [0.15, 0.2) is 36.5 Å². The SMILES string of the molecule is C=CC(CC/C=C/C)OC(=O)/C(C)=C/C. The minimum absolute atomic E-state index is 0.191. The summed E-state index contributed by atoms with van der Waals surface area (Å²) in [5, 5.41) is 0. The smallest absolute Gasteiger partial charge is 0.333 e. The fourth-order valence-corrected chi connectivity index (χ4v) is 1.00. The van der Waals surface area contributed by atoms with Crippen LogP contribution >= 0.6 is 0 Å². The molecule has 0 aromatic rings. The molecular weight excluding hydrogens is 188 g/mol. The van der Waals surface area contributed by atoms with Crippen molar-refractivity contribution in [3.63, 3.8) is 0 Å². The summed E-state index contributed by atoms with van der Waals surface area (Å²) in [5.74, 6) is -0.261. The predicted octanol–water partition coefficient (Wildman–Crippen LogP) is 3.41. The normalized spacial score (nSPS) is 13.9. The van der Waals surface area contributed by atoms with E-state index in [4.69, 9.17) is 4.74 Å². The van der Waals surface area contributed by atoms with E-state index in [1.807, 2.05) is 26.0 Å². The average Bonchev–Trinajstić information content (AvgIpc) is 2.26. The molecule has 0 fully saturated rings. The first-order chi connectivity index (χ1) is 7.15. The topological polar surface area (TPSA) is 26.3 Å². The van der Waals surface area contributed by atoms with Gasteiger partial charge < -0.3 is 4.74 Å². The van der Waals surface area contributed by atoms with Gasteiger partial charge in [0.2, 0.25) is 0 Å². The lowest BCUT2D eigenvalue weighted by molar-refractivity contribution is -0.142. The Balaban J connectivity index is 4.09. The molecule has 0 aliphatic rings. The summed E-state index contributed by atoms with van der Waals surface area (Å²) in [7, 11) is 0. The Bertz CT molecular complexity index is 262. The third-order valence-electron chi connectivity index (χ3n) is 2.13. The summed E-state index contributed by atoms with van der Waals surface area (Å²) < 4.78 is 5.24. The Kier molecular flexibility index (Phi) is 7.33. The molecule has 0 N–H and O–H groups in total. The first kappa shape index (κ1) is 13.7. The van der Waals surface area contributed by atoms with Gasteiger partial charge in [-0.1, -0.05) is 30.9 Å². The summed E-state index contributed by atoms with van der Waals surface area (Å²) in [4.78, 5) is 11.4. The lowest BCUT2D eigenvalue weighted by Gasteiger charge is -2.13. The monoisotopic (exact) mass is 208 g/mol. The van der Waals surface area contributed by atoms with E-state index in [1.165, 1.54) is 0 Å². The van der Waals surface area contributed by atoms with E-state index in [-0.39, 0.29) is 12.1 Å². The molecule has 0 radical (unpaired) electrons. The van der Waals surface area contributed by atoms with Crippen molar-refractivity contribution >= 4 is 5.97 Å². The number of allylic oxidation sites excluding steroid dienone is 3.